The molecule has 21 heavy (non-hydrogen) atoms. The summed E-state index contributed by atoms with van der Waals surface area (Å²) in [6.45, 7) is 6.12. The highest BCUT2D eigenvalue weighted by atomic mass is 32.1. The lowest BCUT2D eigenvalue weighted by molar-refractivity contribution is -0.906. The fraction of sp³-hybridized carbons (Fsp3) is 0.533. The molecule has 0 unspecified atom stereocenters. The Balaban J connectivity index is 1.71. The van der Waals surface area contributed by atoms with Gasteiger partial charge in [0.15, 0.2) is 5.11 Å². The summed E-state index contributed by atoms with van der Waals surface area (Å²) < 4.78 is 18.9. The molecule has 0 saturated carbocycles. The van der Waals surface area contributed by atoms with Crippen molar-refractivity contribution in [1.82, 2.24) is 10.2 Å². The molecule has 6 heteroatoms. The lowest BCUT2D eigenvalue weighted by Crippen LogP contribution is -3.14. The maximum atomic E-state index is 13.6. The smallest absolute Gasteiger partial charge is 0.169 e. The van der Waals surface area contributed by atoms with E-state index in [0.29, 0.717) is 17.2 Å². The first kappa shape index (κ1) is 16.1. The van der Waals surface area contributed by atoms with Crippen LogP contribution in [0.1, 0.15) is 5.56 Å². The highest BCUT2D eigenvalue weighted by Crippen LogP contribution is 2.08. The third-order valence-corrected chi connectivity index (χ3v) is 4.12. The molecule has 2 rings (SSSR count). The average molecular weight is 312 g/mol. The maximum absolute atomic E-state index is 13.6. The third-order valence-electron chi connectivity index (χ3n) is 3.67. The van der Waals surface area contributed by atoms with Crippen LogP contribution in [0.2, 0.25) is 0 Å². The van der Waals surface area contributed by atoms with E-state index in [9.17, 15) is 4.39 Å². The summed E-state index contributed by atoms with van der Waals surface area (Å²) in [5.74, 6) is -0.190. The Kier molecular flexibility index (Phi) is 6.35. The first-order valence-corrected chi connectivity index (χ1v) is 7.71. The highest BCUT2D eigenvalue weighted by molar-refractivity contribution is 7.80. The van der Waals surface area contributed by atoms with Gasteiger partial charge in [-0.05, 0) is 18.3 Å². The summed E-state index contributed by atoms with van der Waals surface area (Å²) in [7, 11) is 1.88. The highest BCUT2D eigenvalue weighted by Gasteiger charge is 2.14. The summed E-state index contributed by atoms with van der Waals surface area (Å²) in [5, 5.41) is 3.90. The number of halogens is 1. The number of thiocarbonyl (C=S) groups is 1. The number of hydrogen-bond acceptors (Lipinski definition) is 2. The number of nitrogens with zero attached hydrogens (tertiary/aromatic N) is 1. The lowest BCUT2D eigenvalue weighted by Gasteiger charge is -2.25. The third kappa shape index (κ3) is 5.22. The maximum Gasteiger partial charge on any atom is 0.169 e. The molecule has 1 aromatic rings. The van der Waals surface area contributed by atoms with Crippen LogP contribution in [0, 0.1) is 5.82 Å². The van der Waals surface area contributed by atoms with Crippen molar-refractivity contribution in [1.29, 1.82) is 0 Å². The molecule has 1 fully saturated rings. The van der Waals surface area contributed by atoms with Crippen molar-refractivity contribution in [3.63, 3.8) is 0 Å². The minimum atomic E-state index is -0.190. The number of rotatable bonds is 5. The average Bonchev–Trinajstić information content (AvgIpc) is 2.50. The molecule has 0 bridgehead atoms. The second kappa shape index (κ2) is 8.26. The molecule has 2 N–H and O–H groups in total. The number of benzene rings is 1. The summed E-state index contributed by atoms with van der Waals surface area (Å²) in [6.07, 6.45) is 0. The van der Waals surface area contributed by atoms with E-state index in [1.807, 2.05) is 18.0 Å². The van der Waals surface area contributed by atoms with E-state index in [1.165, 1.54) is 11.0 Å². The van der Waals surface area contributed by atoms with Crippen LogP contribution in [0.4, 0.5) is 4.39 Å². The van der Waals surface area contributed by atoms with Crippen LogP contribution in [-0.2, 0) is 11.3 Å². The van der Waals surface area contributed by atoms with Crippen LogP contribution in [0.3, 0.4) is 0 Å². The van der Waals surface area contributed by atoms with Crippen LogP contribution < -0.4 is 10.2 Å². The van der Waals surface area contributed by atoms with Crippen LogP contribution in [0.15, 0.2) is 24.3 Å². The number of ether oxygens (including phenoxy) is 1. The molecule has 0 radical (unpaired) electrons. The van der Waals surface area contributed by atoms with Crippen molar-refractivity contribution in [3.8, 4) is 0 Å². The fourth-order valence-electron chi connectivity index (χ4n) is 2.35. The first-order valence-electron chi connectivity index (χ1n) is 7.30. The van der Waals surface area contributed by atoms with Crippen molar-refractivity contribution < 1.29 is 14.0 Å². The quantitative estimate of drug-likeness (QED) is 0.752. The van der Waals surface area contributed by atoms with Crippen molar-refractivity contribution in [2.45, 2.75) is 6.54 Å². The molecule has 1 aliphatic heterocycles. The van der Waals surface area contributed by atoms with Gasteiger partial charge in [0.25, 0.3) is 0 Å². The zero-order valence-corrected chi connectivity index (χ0v) is 13.2. The van der Waals surface area contributed by atoms with E-state index in [1.54, 1.807) is 12.1 Å². The normalized spacial score (nSPS) is 15.7. The second-order valence-electron chi connectivity index (χ2n) is 5.29. The minimum absolute atomic E-state index is 0.190. The van der Waals surface area contributed by atoms with Crippen molar-refractivity contribution in [3.05, 3.63) is 35.6 Å². The van der Waals surface area contributed by atoms with Gasteiger partial charge in [0, 0.05) is 19.2 Å². The minimum Gasteiger partial charge on any atom is -0.370 e. The second-order valence-corrected chi connectivity index (χ2v) is 5.68. The summed E-state index contributed by atoms with van der Waals surface area (Å²) in [4.78, 5) is 3.40. The molecule has 1 aliphatic rings. The van der Waals surface area contributed by atoms with Crippen molar-refractivity contribution in [2.75, 3.05) is 46.4 Å². The van der Waals surface area contributed by atoms with Crippen LogP contribution in [0.5, 0.6) is 0 Å². The molecule has 0 aromatic heterocycles. The molecule has 1 aromatic carbocycles. The number of morpholine rings is 1. The Morgan fingerprint density at radius 1 is 1.38 bits per heavy atom. The number of hydrogen-bond donors (Lipinski definition) is 2. The van der Waals surface area contributed by atoms with Gasteiger partial charge in [-0.3, -0.25) is 0 Å². The summed E-state index contributed by atoms with van der Waals surface area (Å²) in [6, 6.07) is 6.79. The van der Waals surface area contributed by atoms with Gasteiger partial charge in [0.1, 0.15) is 18.9 Å². The SMILES string of the molecule is CN(Cc1ccccc1F)C(=S)NCC[NH+]1CCOCC1. The van der Waals surface area contributed by atoms with Gasteiger partial charge >= 0.3 is 0 Å². The van der Waals surface area contributed by atoms with Gasteiger partial charge < -0.3 is 19.9 Å². The van der Waals surface area contributed by atoms with Crippen molar-refractivity contribution >= 4 is 17.3 Å². The molecule has 1 saturated heterocycles. The zero-order chi connectivity index (χ0) is 15.1. The van der Waals surface area contributed by atoms with Gasteiger partial charge in [0.05, 0.1) is 26.3 Å². The lowest BCUT2D eigenvalue weighted by atomic mass is 10.2. The van der Waals surface area contributed by atoms with Gasteiger partial charge in [-0.1, -0.05) is 18.2 Å². The molecule has 0 atom stereocenters. The predicted octanol–water partition coefficient (Wildman–Crippen LogP) is 0.0471. The van der Waals surface area contributed by atoms with Gasteiger partial charge in [0.2, 0.25) is 0 Å². The van der Waals surface area contributed by atoms with Crippen LogP contribution in [-0.4, -0.2) is 56.5 Å². The Morgan fingerprint density at radius 3 is 2.81 bits per heavy atom. The monoisotopic (exact) mass is 312 g/mol. The standard InChI is InChI=1S/C15H22FN3OS/c1-18(12-13-4-2-3-5-14(13)16)15(21)17-6-7-19-8-10-20-11-9-19/h2-5H,6-12H2,1H3,(H,17,21)/p+1. The molecule has 0 aliphatic carbocycles. The molecule has 0 spiro atoms. The first-order chi connectivity index (χ1) is 10.2. The molecule has 1 heterocycles. The van der Waals surface area contributed by atoms with E-state index in [2.05, 4.69) is 5.32 Å². The Bertz CT molecular complexity index is 466. The van der Waals surface area contributed by atoms with E-state index < -0.39 is 0 Å². The van der Waals surface area contributed by atoms with Crippen molar-refractivity contribution in [2.24, 2.45) is 0 Å². The van der Waals surface area contributed by atoms with Gasteiger partial charge in [-0.15, -0.1) is 0 Å². The molecule has 4 nitrogen and oxygen atoms in total. The summed E-state index contributed by atoms with van der Waals surface area (Å²) in [5.41, 5.74) is 0.656. The van der Waals surface area contributed by atoms with Crippen LogP contribution in [0.25, 0.3) is 0 Å². The molecular weight excluding hydrogens is 289 g/mol. The van der Waals surface area contributed by atoms with Crippen LogP contribution >= 0.6 is 12.2 Å². The molecule has 116 valence electrons. The Morgan fingerprint density at radius 2 is 2.10 bits per heavy atom. The van der Waals surface area contributed by atoms with Gasteiger partial charge in [-0.25, -0.2) is 4.39 Å². The van der Waals surface area contributed by atoms with E-state index in [4.69, 9.17) is 17.0 Å². The van der Waals surface area contributed by atoms with E-state index in [-0.39, 0.29) is 5.82 Å². The zero-order valence-electron chi connectivity index (χ0n) is 12.4. The molecular formula is C15H23FN3OS+. The largest absolute Gasteiger partial charge is 0.370 e. The van der Waals surface area contributed by atoms with Gasteiger partial charge in [-0.2, -0.15) is 0 Å². The van der Waals surface area contributed by atoms with E-state index in [0.717, 1.165) is 39.4 Å². The Labute approximate surface area is 130 Å². The summed E-state index contributed by atoms with van der Waals surface area (Å²) >= 11 is 5.34. The van der Waals surface area contributed by atoms with E-state index >= 15 is 0 Å². The number of quaternary nitrogens is 1. The predicted molar refractivity (Wildman–Crippen MR) is 84.9 cm³/mol. The fourth-order valence-corrected chi connectivity index (χ4v) is 2.51. The topological polar surface area (TPSA) is 28.9 Å². The Hall–Kier alpha value is -1.24. The molecule has 0 amide bonds. The number of nitrogens with one attached hydrogen (secondary N) is 2.